The van der Waals surface area contributed by atoms with Crippen LogP contribution in [0.1, 0.15) is 51.0 Å². The third kappa shape index (κ3) is 10.2. The van der Waals surface area contributed by atoms with Gasteiger partial charge in [0.1, 0.15) is 5.75 Å². The minimum atomic E-state index is -0.171. The molecule has 3 aromatic rings. The molecule has 0 spiro atoms. The third-order valence-corrected chi connectivity index (χ3v) is 5.74. The van der Waals surface area contributed by atoms with Crippen LogP contribution in [-0.4, -0.2) is 25.0 Å². The van der Waals surface area contributed by atoms with Gasteiger partial charge in [-0.25, -0.2) is 0 Å². The molecule has 0 unspecified atom stereocenters. The highest BCUT2D eigenvalue weighted by atomic mass is 16.5. The zero-order valence-electron chi connectivity index (χ0n) is 21.1. The second-order valence-electron chi connectivity index (χ2n) is 8.80. The summed E-state index contributed by atoms with van der Waals surface area (Å²) in [6, 6.07) is 24.7. The number of amides is 2. The van der Waals surface area contributed by atoms with E-state index in [2.05, 4.69) is 22.9 Å². The van der Waals surface area contributed by atoms with Gasteiger partial charge in [0.15, 0.2) is 0 Å². The molecular weight excluding hydrogens is 450 g/mol. The molecule has 6 nitrogen and oxygen atoms in total. The molecule has 0 fully saturated rings. The van der Waals surface area contributed by atoms with Crippen molar-refractivity contribution in [1.82, 2.24) is 0 Å². The molecule has 0 aromatic heterocycles. The van der Waals surface area contributed by atoms with E-state index in [1.807, 2.05) is 60.7 Å². The summed E-state index contributed by atoms with van der Waals surface area (Å²) in [5.41, 5.74) is 3.26. The molecule has 190 valence electrons. The van der Waals surface area contributed by atoms with Crippen molar-refractivity contribution >= 4 is 28.9 Å². The summed E-state index contributed by atoms with van der Waals surface area (Å²) in [6.45, 7) is 3.07. The van der Waals surface area contributed by atoms with Crippen molar-refractivity contribution in [2.75, 3.05) is 29.1 Å². The zero-order valence-corrected chi connectivity index (χ0v) is 21.1. The summed E-state index contributed by atoms with van der Waals surface area (Å²) in [5, 5.41) is 8.89. The minimum absolute atomic E-state index is 0.0621. The first-order valence-electron chi connectivity index (χ1n) is 12.8. The first-order chi connectivity index (χ1) is 17.6. The summed E-state index contributed by atoms with van der Waals surface area (Å²) in [6.07, 6.45) is 7.14. The second kappa shape index (κ2) is 15.2. The van der Waals surface area contributed by atoms with Gasteiger partial charge in [-0.05, 0) is 60.9 Å². The molecular formula is C30H37N3O3. The van der Waals surface area contributed by atoms with Crippen LogP contribution in [0.5, 0.6) is 5.75 Å². The van der Waals surface area contributed by atoms with Crippen LogP contribution in [0, 0.1) is 0 Å². The van der Waals surface area contributed by atoms with Crippen molar-refractivity contribution in [3.8, 4) is 5.75 Å². The van der Waals surface area contributed by atoms with Crippen LogP contribution in [0.2, 0.25) is 0 Å². The number of ether oxygens (including phenoxy) is 1. The average Bonchev–Trinajstić information content (AvgIpc) is 2.90. The lowest BCUT2D eigenvalue weighted by atomic mass is 10.1. The van der Waals surface area contributed by atoms with Crippen LogP contribution in [0.25, 0.3) is 0 Å². The molecule has 0 saturated heterocycles. The normalized spacial score (nSPS) is 10.5. The van der Waals surface area contributed by atoms with Gasteiger partial charge >= 0.3 is 0 Å². The van der Waals surface area contributed by atoms with Gasteiger partial charge in [-0.1, -0.05) is 69.0 Å². The number of anilines is 3. The molecule has 0 heterocycles. The molecule has 0 aliphatic heterocycles. The van der Waals surface area contributed by atoms with Gasteiger partial charge in [0.05, 0.1) is 13.2 Å². The topological polar surface area (TPSA) is 79.5 Å². The summed E-state index contributed by atoms with van der Waals surface area (Å²) < 4.78 is 5.79. The molecule has 6 heteroatoms. The number of hydrogen-bond acceptors (Lipinski definition) is 4. The van der Waals surface area contributed by atoms with Gasteiger partial charge in [-0.3, -0.25) is 9.59 Å². The molecule has 3 rings (SSSR count). The number of aryl methyl sites for hydroxylation is 1. The summed E-state index contributed by atoms with van der Waals surface area (Å²) in [7, 11) is 0. The van der Waals surface area contributed by atoms with Crippen molar-refractivity contribution in [3.05, 3.63) is 84.4 Å². The first-order valence-corrected chi connectivity index (χ1v) is 12.8. The van der Waals surface area contributed by atoms with Crippen LogP contribution < -0.4 is 20.7 Å². The SMILES string of the molecule is CCCCCCCOc1ccc(NCC(=O)Nc2cccc(NC(=O)CCc3ccccc3)c2)cc1. The largest absolute Gasteiger partial charge is 0.494 e. The lowest BCUT2D eigenvalue weighted by molar-refractivity contribution is -0.116. The van der Waals surface area contributed by atoms with Gasteiger partial charge in [-0.2, -0.15) is 0 Å². The highest BCUT2D eigenvalue weighted by Crippen LogP contribution is 2.18. The van der Waals surface area contributed by atoms with Gasteiger partial charge in [0, 0.05) is 23.5 Å². The summed E-state index contributed by atoms with van der Waals surface area (Å²) in [5.74, 6) is 0.603. The number of carbonyl (C=O) groups excluding carboxylic acids is 2. The fraction of sp³-hybridized carbons (Fsp3) is 0.333. The van der Waals surface area contributed by atoms with E-state index in [4.69, 9.17) is 4.74 Å². The fourth-order valence-electron chi connectivity index (χ4n) is 3.75. The predicted molar refractivity (Wildman–Crippen MR) is 148 cm³/mol. The maximum atomic E-state index is 12.4. The average molecular weight is 488 g/mol. The number of benzene rings is 3. The van der Waals surface area contributed by atoms with Crippen LogP contribution in [0.4, 0.5) is 17.1 Å². The second-order valence-corrected chi connectivity index (χ2v) is 8.80. The van der Waals surface area contributed by atoms with Crippen LogP contribution >= 0.6 is 0 Å². The Labute approximate surface area is 214 Å². The third-order valence-electron chi connectivity index (χ3n) is 5.74. The smallest absolute Gasteiger partial charge is 0.243 e. The van der Waals surface area contributed by atoms with Crippen molar-refractivity contribution in [1.29, 1.82) is 0 Å². The Morgan fingerprint density at radius 1 is 0.722 bits per heavy atom. The molecule has 0 atom stereocenters. The molecule has 0 bridgehead atoms. The van der Waals surface area contributed by atoms with E-state index in [0.29, 0.717) is 24.2 Å². The highest BCUT2D eigenvalue weighted by molar-refractivity contribution is 5.95. The van der Waals surface area contributed by atoms with Gasteiger partial charge in [-0.15, -0.1) is 0 Å². The van der Waals surface area contributed by atoms with E-state index in [9.17, 15) is 9.59 Å². The fourth-order valence-corrected chi connectivity index (χ4v) is 3.75. The monoisotopic (exact) mass is 487 g/mol. The Morgan fingerprint density at radius 3 is 2.14 bits per heavy atom. The lowest BCUT2D eigenvalue weighted by Gasteiger charge is -2.11. The van der Waals surface area contributed by atoms with Gasteiger partial charge in [0.2, 0.25) is 11.8 Å². The Kier molecular flexibility index (Phi) is 11.4. The number of hydrogen-bond donors (Lipinski definition) is 3. The molecule has 36 heavy (non-hydrogen) atoms. The first kappa shape index (κ1) is 26.8. The predicted octanol–water partition coefficient (Wildman–Crippen LogP) is 6.66. The van der Waals surface area contributed by atoms with Crippen LogP contribution in [-0.2, 0) is 16.0 Å². The van der Waals surface area contributed by atoms with E-state index in [-0.39, 0.29) is 18.4 Å². The molecule has 3 N–H and O–H groups in total. The van der Waals surface area contributed by atoms with E-state index in [0.717, 1.165) is 30.0 Å². The van der Waals surface area contributed by atoms with E-state index >= 15 is 0 Å². The van der Waals surface area contributed by atoms with Crippen molar-refractivity contribution < 1.29 is 14.3 Å². The van der Waals surface area contributed by atoms with Gasteiger partial charge < -0.3 is 20.7 Å². The Morgan fingerprint density at radius 2 is 1.42 bits per heavy atom. The molecule has 0 aliphatic rings. The van der Waals surface area contributed by atoms with Crippen LogP contribution in [0.15, 0.2) is 78.9 Å². The minimum Gasteiger partial charge on any atom is -0.494 e. The summed E-state index contributed by atoms with van der Waals surface area (Å²) >= 11 is 0. The maximum Gasteiger partial charge on any atom is 0.243 e. The highest BCUT2D eigenvalue weighted by Gasteiger charge is 2.06. The Bertz CT molecular complexity index is 1070. The molecule has 3 aromatic carbocycles. The van der Waals surface area contributed by atoms with E-state index in [1.54, 1.807) is 18.2 Å². The lowest BCUT2D eigenvalue weighted by Crippen LogP contribution is -2.21. The Balaban J connectivity index is 1.37. The molecule has 0 radical (unpaired) electrons. The molecule has 2 amide bonds. The molecule has 0 saturated carbocycles. The number of nitrogens with one attached hydrogen (secondary N) is 3. The molecule has 0 aliphatic carbocycles. The zero-order chi connectivity index (χ0) is 25.4. The van der Waals surface area contributed by atoms with Gasteiger partial charge in [0.25, 0.3) is 0 Å². The van der Waals surface area contributed by atoms with Crippen molar-refractivity contribution in [2.45, 2.75) is 51.9 Å². The maximum absolute atomic E-state index is 12.4. The number of rotatable bonds is 15. The number of carbonyl (C=O) groups is 2. The van der Waals surface area contributed by atoms with E-state index < -0.39 is 0 Å². The van der Waals surface area contributed by atoms with Crippen molar-refractivity contribution in [2.24, 2.45) is 0 Å². The Hall–Kier alpha value is -3.80. The van der Waals surface area contributed by atoms with E-state index in [1.165, 1.54) is 25.7 Å². The van der Waals surface area contributed by atoms with Crippen molar-refractivity contribution in [3.63, 3.8) is 0 Å². The standard InChI is InChI=1S/C30H37N3O3/c1-2-3-4-5-9-21-36-28-18-16-25(17-19-28)31-23-30(35)33-27-14-10-13-26(22-27)32-29(34)20-15-24-11-7-6-8-12-24/h6-8,10-14,16-19,22,31H,2-5,9,15,20-21,23H2,1H3,(H,32,34)(H,33,35). The number of unbranched alkanes of at least 4 members (excludes halogenated alkanes) is 4. The quantitative estimate of drug-likeness (QED) is 0.210. The summed E-state index contributed by atoms with van der Waals surface area (Å²) in [4.78, 5) is 24.7. The van der Waals surface area contributed by atoms with Crippen LogP contribution in [0.3, 0.4) is 0 Å².